The second-order valence-electron chi connectivity index (χ2n) is 7.09. The van der Waals surface area contributed by atoms with Gasteiger partial charge in [0, 0.05) is 32.8 Å². The molecule has 26 heavy (non-hydrogen) atoms. The van der Waals surface area contributed by atoms with E-state index in [1.54, 1.807) is 0 Å². The van der Waals surface area contributed by atoms with Gasteiger partial charge in [0.05, 0.1) is 18.6 Å². The summed E-state index contributed by atoms with van der Waals surface area (Å²) >= 11 is 0. The van der Waals surface area contributed by atoms with Crippen LogP contribution in [0.25, 0.3) is 0 Å². The molecular weight excluding hydrogens is 330 g/mol. The number of ether oxygens (including phenoxy) is 1. The number of hydrogen-bond acceptors (Lipinski definition) is 4. The van der Waals surface area contributed by atoms with Gasteiger partial charge in [-0.05, 0) is 32.8 Å². The number of nitrogens with zero attached hydrogens (tertiary/aromatic N) is 1. The number of carbonyl (C=O) groups excluding carboxylic acids is 2. The molecule has 2 rings (SSSR count). The Kier molecular flexibility index (Phi) is 8.06. The van der Waals surface area contributed by atoms with Crippen molar-refractivity contribution in [3.63, 3.8) is 0 Å². The van der Waals surface area contributed by atoms with Crippen molar-refractivity contribution >= 4 is 11.8 Å². The third-order valence-corrected chi connectivity index (χ3v) is 4.42. The topological polar surface area (TPSA) is 70.7 Å². The highest BCUT2D eigenvalue weighted by Crippen LogP contribution is 2.14. The summed E-state index contributed by atoms with van der Waals surface area (Å²) in [7, 11) is 0. The number of carbonyl (C=O) groups is 2. The van der Waals surface area contributed by atoms with Crippen molar-refractivity contribution < 1.29 is 14.3 Å². The van der Waals surface area contributed by atoms with Crippen LogP contribution in [0.4, 0.5) is 0 Å². The second-order valence-corrected chi connectivity index (χ2v) is 7.09. The van der Waals surface area contributed by atoms with Gasteiger partial charge in [-0.2, -0.15) is 0 Å². The zero-order chi connectivity index (χ0) is 18.9. The zero-order valence-corrected chi connectivity index (χ0v) is 16.1. The van der Waals surface area contributed by atoms with Crippen LogP contribution in [0.5, 0.6) is 0 Å². The Hall–Kier alpha value is -1.92. The Morgan fingerprint density at radius 3 is 2.77 bits per heavy atom. The summed E-state index contributed by atoms with van der Waals surface area (Å²) in [4.78, 5) is 26.6. The van der Waals surface area contributed by atoms with Crippen molar-refractivity contribution in [2.45, 2.75) is 52.3 Å². The summed E-state index contributed by atoms with van der Waals surface area (Å²) in [6.45, 7) is 9.27. The van der Waals surface area contributed by atoms with Gasteiger partial charge < -0.3 is 15.4 Å². The molecule has 6 heteroatoms. The lowest BCUT2D eigenvalue weighted by Crippen LogP contribution is -2.56. The lowest BCUT2D eigenvalue weighted by atomic mass is 10.1. The molecule has 1 aromatic rings. The van der Waals surface area contributed by atoms with Crippen molar-refractivity contribution in [3.8, 4) is 0 Å². The van der Waals surface area contributed by atoms with Crippen LogP contribution >= 0.6 is 0 Å². The fourth-order valence-electron chi connectivity index (χ4n) is 2.97. The third kappa shape index (κ3) is 6.77. The van der Waals surface area contributed by atoms with E-state index in [1.807, 2.05) is 13.8 Å². The first-order chi connectivity index (χ1) is 12.5. The van der Waals surface area contributed by atoms with Gasteiger partial charge in [0.15, 0.2) is 0 Å². The molecular formula is C20H31N3O3. The minimum atomic E-state index is -0.419. The first kappa shape index (κ1) is 20.4. The van der Waals surface area contributed by atoms with Crippen molar-refractivity contribution in [2.24, 2.45) is 0 Å². The van der Waals surface area contributed by atoms with Crippen LogP contribution in [-0.4, -0.2) is 55.1 Å². The highest BCUT2D eigenvalue weighted by molar-refractivity contribution is 5.88. The van der Waals surface area contributed by atoms with E-state index in [9.17, 15) is 9.59 Å². The lowest BCUT2D eigenvalue weighted by Gasteiger charge is -2.34. The van der Waals surface area contributed by atoms with Crippen LogP contribution in [0.2, 0.25) is 0 Å². The summed E-state index contributed by atoms with van der Waals surface area (Å²) < 4.78 is 5.46. The molecule has 2 N–H and O–H groups in total. The number of rotatable bonds is 9. The van der Waals surface area contributed by atoms with Gasteiger partial charge in [0.2, 0.25) is 11.8 Å². The van der Waals surface area contributed by atoms with Gasteiger partial charge in [-0.15, -0.1) is 0 Å². The lowest BCUT2D eigenvalue weighted by molar-refractivity contribution is -0.134. The van der Waals surface area contributed by atoms with Gasteiger partial charge in [0.1, 0.15) is 0 Å². The zero-order valence-electron chi connectivity index (χ0n) is 16.1. The van der Waals surface area contributed by atoms with Crippen molar-refractivity contribution in [1.82, 2.24) is 15.5 Å². The van der Waals surface area contributed by atoms with Crippen LogP contribution in [0, 0.1) is 6.92 Å². The minimum Gasteiger partial charge on any atom is -0.379 e. The summed E-state index contributed by atoms with van der Waals surface area (Å²) in [5.74, 6) is -0.160. The largest absolute Gasteiger partial charge is 0.379 e. The third-order valence-electron chi connectivity index (χ3n) is 4.42. The molecule has 1 aromatic carbocycles. The maximum atomic E-state index is 12.3. The monoisotopic (exact) mass is 361 g/mol. The fraction of sp³-hybridized carbons (Fsp3) is 0.600. The number of nitrogens with one attached hydrogen (secondary N) is 2. The van der Waals surface area contributed by atoms with Crippen LogP contribution in [-0.2, 0) is 20.9 Å². The molecule has 1 saturated heterocycles. The van der Waals surface area contributed by atoms with Gasteiger partial charge in [-0.1, -0.05) is 29.8 Å². The molecule has 1 heterocycles. The molecule has 1 atom stereocenters. The smallest absolute Gasteiger partial charge is 0.237 e. The molecule has 0 saturated carbocycles. The van der Waals surface area contributed by atoms with Crippen LogP contribution in [0.1, 0.15) is 37.8 Å². The molecule has 6 nitrogen and oxygen atoms in total. The number of hydrogen-bond donors (Lipinski definition) is 2. The Morgan fingerprint density at radius 2 is 2.08 bits per heavy atom. The molecule has 1 fully saturated rings. The average Bonchev–Trinajstić information content (AvgIpc) is 2.59. The van der Waals surface area contributed by atoms with Gasteiger partial charge in [-0.3, -0.25) is 14.5 Å². The van der Waals surface area contributed by atoms with Crippen LogP contribution in [0.3, 0.4) is 0 Å². The Labute approximate surface area is 156 Å². The molecule has 1 aliphatic rings. The molecule has 0 aliphatic carbocycles. The molecule has 1 aliphatic heterocycles. The molecule has 0 radical (unpaired) electrons. The predicted molar refractivity (Wildman–Crippen MR) is 102 cm³/mol. The highest BCUT2D eigenvalue weighted by Gasteiger charge is 2.31. The van der Waals surface area contributed by atoms with E-state index in [4.69, 9.17) is 4.74 Å². The van der Waals surface area contributed by atoms with E-state index in [0.717, 1.165) is 18.5 Å². The summed E-state index contributed by atoms with van der Waals surface area (Å²) in [6.07, 6.45) is 1.16. The molecule has 0 spiro atoms. The first-order valence-corrected chi connectivity index (χ1v) is 9.41. The molecule has 0 unspecified atom stereocenters. The van der Waals surface area contributed by atoms with E-state index in [1.165, 1.54) is 5.56 Å². The number of aryl methyl sites for hydroxylation is 1. The number of piperazine rings is 1. The van der Waals surface area contributed by atoms with Crippen LogP contribution < -0.4 is 10.6 Å². The molecule has 0 bridgehead atoms. The van der Waals surface area contributed by atoms with E-state index in [2.05, 4.69) is 46.7 Å². The van der Waals surface area contributed by atoms with Gasteiger partial charge in [-0.25, -0.2) is 0 Å². The maximum Gasteiger partial charge on any atom is 0.237 e. The molecule has 144 valence electrons. The number of amides is 2. The van der Waals surface area contributed by atoms with Gasteiger partial charge in [0.25, 0.3) is 0 Å². The maximum absolute atomic E-state index is 12.3. The standard InChI is InChI=1S/C20H31N3O3/c1-15(2)26-12-4-9-21-19(24)13-18-20(25)22-10-11-23(18)14-17-7-5-16(3)6-8-17/h5-8,15,18H,4,9-14H2,1-3H3,(H,21,24)(H,22,25)/t18-/m0/s1. The van der Waals surface area contributed by atoms with E-state index in [-0.39, 0.29) is 24.3 Å². The van der Waals surface area contributed by atoms with Crippen LogP contribution in [0.15, 0.2) is 24.3 Å². The fourth-order valence-corrected chi connectivity index (χ4v) is 2.97. The second kappa shape index (κ2) is 10.3. The van der Waals surface area contributed by atoms with Crippen molar-refractivity contribution in [2.75, 3.05) is 26.2 Å². The first-order valence-electron chi connectivity index (χ1n) is 9.41. The Morgan fingerprint density at radius 1 is 1.35 bits per heavy atom. The minimum absolute atomic E-state index is 0.0679. The van der Waals surface area contributed by atoms with E-state index >= 15 is 0 Å². The Balaban J connectivity index is 1.84. The summed E-state index contributed by atoms with van der Waals surface area (Å²) in [5, 5.41) is 5.76. The SMILES string of the molecule is Cc1ccc(CN2CCNC(=O)[C@@H]2CC(=O)NCCCOC(C)C)cc1. The van der Waals surface area contributed by atoms with Crippen molar-refractivity contribution in [3.05, 3.63) is 35.4 Å². The quantitative estimate of drug-likeness (QED) is 0.656. The van der Waals surface area contributed by atoms with Crippen molar-refractivity contribution in [1.29, 1.82) is 0 Å². The average molecular weight is 361 g/mol. The summed E-state index contributed by atoms with van der Waals surface area (Å²) in [5.41, 5.74) is 2.36. The normalized spacial score (nSPS) is 18.0. The Bertz CT molecular complexity index is 586. The molecule has 2 amide bonds. The van der Waals surface area contributed by atoms with E-state index in [0.29, 0.717) is 26.2 Å². The predicted octanol–water partition coefficient (Wildman–Crippen LogP) is 1.62. The van der Waals surface area contributed by atoms with Gasteiger partial charge >= 0.3 is 0 Å². The highest BCUT2D eigenvalue weighted by atomic mass is 16.5. The van der Waals surface area contributed by atoms with E-state index < -0.39 is 6.04 Å². The summed E-state index contributed by atoms with van der Waals surface area (Å²) in [6, 6.07) is 7.87. The molecule has 0 aromatic heterocycles. The number of benzene rings is 1.